The van der Waals surface area contributed by atoms with E-state index < -0.39 is 0 Å². The molecule has 0 saturated carbocycles. The van der Waals surface area contributed by atoms with Crippen molar-refractivity contribution < 1.29 is 0 Å². The summed E-state index contributed by atoms with van der Waals surface area (Å²) in [6.45, 7) is 0.675. The number of nitrogen functional groups attached to an aromatic ring is 1. The predicted octanol–water partition coefficient (Wildman–Crippen LogP) is 2.82. The van der Waals surface area contributed by atoms with Gasteiger partial charge < -0.3 is 11.1 Å². The van der Waals surface area contributed by atoms with Crippen LogP contribution in [0.5, 0.6) is 0 Å². The zero-order chi connectivity index (χ0) is 13.1. The van der Waals surface area contributed by atoms with E-state index in [1.807, 2.05) is 42.5 Å². The zero-order valence-corrected chi connectivity index (χ0v) is 10.4. The number of hydrogen-bond acceptors (Lipinski definition) is 4. The van der Waals surface area contributed by atoms with Gasteiger partial charge in [-0.3, -0.25) is 9.97 Å². The fraction of sp³-hybridized carbons (Fsp3) is 0.0667. The molecule has 0 unspecified atom stereocenters. The lowest BCUT2D eigenvalue weighted by atomic mass is 10.1. The molecule has 0 fully saturated rings. The van der Waals surface area contributed by atoms with Crippen LogP contribution in [0.15, 0.2) is 54.9 Å². The summed E-state index contributed by atoms with van der Waals surface area (Å²) < 4.78 is 0. The Bertz CT molecular complexity index is 695. The Balaban J connectivity index is 1.91. The molecule has 4 nitrogen and oxygen atoms in total. The maximum absolute atomic E-state index is 5.93. The van der Waals surface area contributed by atoms with E-state index in [1.54, 1.807) is 12.4 Å². The van der Waals surface area contributed by atoms with Gasteiger partial charge in [-0.15, -0.1) is 0 Å². The summed E-state index contributed by atoms with van der Waals surface area (Å²) in [5.41, 5.74) is 9.46. The molecule has 3 N–H and O–H groups in total. The van der Waals surface area contributed by atoms with Crippen LogP contribution in [-0.2, 0) is 6.54 Å². The van der Waals surface area contributed by atoms with Crippen molar-refractivity contribution in [2.45, 2.75) is 6.54 Å². The molecule has 0 aliphatic heterocycles. The van der Waals surface area contributed by atoms with E-state index in [0.717, 1.165) is 22.3 Å². The van der Waals surface area contributed by atoms with Gasteiger partial charge >= 0.3 is 0 Å². The minimum atomic E-state index is 0.675. The standard InChI is InChI=1S/C15H14N4/c16-13-6-7-14(12-5-3-9-18-15(12)13)19-10-11-4-1-2-8-17-11/h1-9,19H,10,16H2. The summed E-state index contributed by atoms with van der Waals surface area (Å²) in [6, 6.07) is 13.6. The monoisotopic (exact) mass is 250 g/mol. The molecular formula is C15H14N4. The Morgan fingerprint density at radius 1 is 0.947 bits per heavy atom. The quantitative estimate of drug-likeness (QED) is 0.702. The number of aromatic nitrogens is 2. The number of nitrogens with two attached hydrogens (primary N) is 1. The lowest BCUT2D eigenvalue weighted by Crippen LogP contribution is -2.02. The maximum atomic E-state index is 5.93. The van der Waals surface area contributed by atoms with Gasteiger partial charge in [0.1, 0.15) is 0 Å². The highest BCUT2D eigenvalue weighted by Crippen LogP contribution is 2.26. The normalized spacial score (nSPS) is 10.5. The number of pyridine rings is 2. The van der Waals surface area contributed by atoms with E-state index in [4.69, 9.17) is 5.73 Å². The molecule has 0 aliphatic carbocycles. The zero-order valence-electron chi connectivity index (χ0n) is 10.4. The maximum Gasteiger partial charge on any atom is 0.0951 e. The molecule has 0 atom stereocenters. The fourth-order valence-corrected chi connectivity index (χ4v) is 2.04. The van der Waals surface area contributed by atoms with Crippen molar-refractivity contribution in [2.24, 2.45) is 0 Å². The van der Waals surface area contributed by atoms with Gasteiger partial charge in [0.05, 0.1) is 23.4 Å². The average molecular weight is 250 g/mol. The Morgan fingerprint density at radius 2 is 1.84 bits per heavy atom. The van der Waals surface area contributed by atoms with Crippen LogP contribution in [0.2, 0.25) is 0 Å². The summed E-state index contributed by atoms with van der Waals surface area (Å²) in [4.78, 5) is 8.60. The fourth-order valence-electron chi connectivity index (χ4n) is 2.04. The van der Waals surface area contributed by atoms with Gasteiger partial charge in [-0.1, -0.05) is 6.07 Å². The number of fused-ring (bicyclic) bond motifs is 1. The van der Waals surface area contributed by atoms with Crippen molar-refractivity contribution in [3.8, 4) is 0 Å². The van der Waals surface area contributed by atoms with Crippen LogP contribution in [-0.4, -0.2) is 9.97 Å². The Kier molecular flexibility index (Phi) is 2.98. The number of rotatable bonds is 3. The molecule has 0 amide bonds. The van der Waals surface area contributed by atoms with Crippen LogP contribution in [0.1, 0.15) is 5.69 Å². The largest absolute Gasteiger partial charge is 0.397 e. The second kappa shape index (κ2) is 4.94. The van der Waals surface area contributed by atoms with Gasteiger partial charge in [0.15, 0.2) is 0 Å². The van der Waals surface area contributed by atoms with E-state index in [9.17, 15) is 0 Å². The third kappa shape index (κ3) is 2.33. The molecule has 4 heteroatoms. The lowest BCUT2D eigenvalue weighted by molar-refractivity contribution is 1.05. The molecule has 3 aromatic rings. The van der Waals surface area contributed by atoms with E-state index >= 15 is 0 Å². The van der Waals surface area contributed by atoms with Gasteiger partial charge in [0.25, 0.3) is 0 Å². The van der Waals surface area contributed by atoms with E-state index in [1.165, 1.54) is 0 Å². The third-order valence-corrected chi connectivity index (χ3v) is 2.99. The highest BCUT2D eigenvalue weighted by Gasteiger charge is 2.04. The first-order valence-corrected chi connectivity index (χ1v) is 6.11. The summed E-state index contributed by atoms with van der Waals surface area (Å²) in [7, 11) is 0. The van der Waals surface area contributed by atoms with Crippen LogP contribution in [0, 0.1) is 0 Å². The Hall–Kier alpha value is -2.62. The topological polar surface area (TPSA) is 63.8 Å². The number of hydrogen-bond donors (Lipinski definition) is 2. The van der Waals surface area contributed by atoms with Crippen molar-refractivity contribution >= 4 is 22.3 Å². The van der Waals surface area contributed by atoms with Gasteiger partial charge in [0, 0.05) is 23.5 Å². The summed E-state index contributed by atoms with van der Waals surface area (Å²) in [5.74, 6) is 0. The van der Waals surface area contributed by atoms with Gasteiger partial charge in [-0.05, 0) is 36.4 Å². The number of benzene rings is 1. The molecule has 0 radical (unpaired) electrons. The van der Waals surface area contributed by atoms with Crippen molar-refractivity contribution in [2.75, 3.05) is 11.1 Å². The predicted molar refractivity (Wildman–Crippen MR) is 77.7 cm³/mol. The van der Waals surface area contributed by atoms with Gasteiger partial charge in [0.2, 0.25) is 0 Å². The SMILES string of the molecule is Nc1ccc(NCc2ccccn2)c2cccnc12. The minimum Gasteiger partial charge on any atom is -0.397 e. The second-order valence-corrected chi connectivity index (χ2v) is 4.28. The van der Waals surface area contributed by atoms with Crippen LogP contribution >= 0.6 is 0 Å². The molecule has 0 bridgehead atoms. The first-order valence-electron chi connectivity index (χ1n) is 6.11. The van der Waals surface area contributed by atoms with Crippen molar-refractivity contribution in [3.05, 3.63) is 60.6 Å². The summed E-state index contributed by atoms with van der Waals surface area (Å²) in [6.07, 6.45) is 3.54. The molecule has 2 aromatic heterocycles. The lowest BCUT2D eigenvalue weighted by Gasteiger charge is -2.10. The first kappa shape index (κ1) is 11.5. The average Bonchev–Trinajstić information content (AvgIpc) is 2.48. The summed E-state index contributed by atoms with van der Waals surface area (Å²) >= 11 is 0. The highest BCUT2D eigenvalue weighted by molar-refractivity contribution is 5.98. The molecule has 94 valence electrons. The van der Waals surface area contributed by atoms with Crippen molar-refractivity contribution in [3.63, 3.8) is 0 Å². The smallest absolute Gasteiger partial charge is 0.0951 e. The summed E-state index contributed by atoms with van der Waals surface area (Å²) in [5, 5.41) is 4.40. The van der Waals surface area contributed by atoms with E-state index in [0.29, 0.717) is 12.2 Å². The first-order chi connectivity index (χ1) is 9.34. The van der Waals surface area contributed by atoms with E-state index in [-0.39, 0.29) is 0 Å². The molecular weight excluding hydrogens is 236 g/mol. The molecule has 0 saturated heterocycles. The Labute approximate surface area is 111 Å². The highest BCUT2D eigenvalue weighted by atomic mass is 14.9. The van der Waals surface area contributed by atoms with Crippen LogP contribution in [0.3, 0.4) is 0 Å². The molecule has 0 aliphatic rings. The van der Waals surface area contributed by atoms with E-state index in [2.05, 4.69) is 15.3 Å². The van der Waals surface area contributed by atoms with Crippen molar-refractivity contribution in [1.29, 1.82) is 0 Å². The molecule has 0 spiro atoms. The van der Waals surface area contributed by atoms with Crippen molar-refractivity contribution in [1.82, 2.24) is 9.97 Å². The number of anilines is 2. The van der Waals surface area contributed by atoms with Gasteiger partial charge in [-0.25, -0.2) is 0 Å². The van der Waals surface area contributed by atoms with Crippen LogP contribution in [0.4, 0.5) is 11.4 Å². The third-order valence-electron chi connectivity index (χ3n) is 2.99. The van der Waals surface area contributed by atoms with Crippen LogP contribution in [0.25, 0.3) is 10.9 Å². The number of nitrogens with one attached hydrogen (secondary N) is 1. The molecule has 2 heterocycles. The molecule has 1 aromatic carbocycles. The van der Waals surface area contributed by atoms with Gasteiger partial charge in [-0.2, -0.15) is 0 Å². The molecule has 3 rings (SSSR count). The molecule has 19 heavy (non-hydrogen) atoms. The second-order valence-electron chi connectivity index (χ2n) is 4.28. The minimum absolute atomic E-state index is 0.675. The Morgan fingerprint density at radius 3 is 2.68 bits per heavy atom. The number of nitrogens with zero attached hydrogens (tertiary/aromatic N) is 2. The van der Waals surface area contributed by atoms with Crippen LogP contribution < -0.4 is 11.1 Å².